The largest absolute Gasteiger partial charge is 0.329 e. The summed E-state index contributed by atoms with van der Waals surface area (Å²) >= 11 is 6.10. The number of nitrogens with zero attached hydrogens (tertiary/aromatic N) is 3. The number of amides is 1. The van der Waals surface area contributed by atoms with Crippen LogP contribution in [0.3, 0.4) is 0 Å². The van der Waals surface area contributed by atoms with E-state index >= 15 is 0 Å². The van der Waals surface area contributed by atoms with Gasteiger partial charge in [0.2, 0.25) is 0 Å². The highest BCUT2D eigenvalue weighted by molar-refractivity contribution is 6.30. The molecule has 0 saturated carbocycles. The van der Waals surface area contributed by atoms with E-state index in [-0.39, 0.29) is 11.5 Å². The van der Waals surface area contributed by atoms with Gasteiger partial charge in [0.15, 0.2) is 0 Å². The van der Waals surface area contributed by atoms with Gasteiger partial charge in [-0.2, -0.15) is 0 Å². The van der Waals surface area contributed by atoms with Crippen LogP contribution in [0, 0.1) is 6.92 Å². The van der Waals surface area contributed by atoms with Crippen LogP contribution < -0.4 is 5.56 Å². The van der Waals surface area contributed by atoms with Crippen molar-refractivity contribution in [3.63, 3.8) is 0 Å². The molecule has 0 N–H and O–H groups in total. The van der Waals surface area contributed by atoms with Crippen LogP contribution in [-0.4, -0.2) is 26.9 Å². The van der Waals surface area contributed by atoms with Crippen LogP contribution in [0.15, 0.2) is 77.6 Å². The second-order valence-corrected chi connectivity index (χ2v) is 8.53. The average molecular weight is 460 g/mol. The predicted molar refractivity (Wildman–Crippen MR) is 133 cm³/mol. The first-order chi connectivity index (χ1) is 15.9. The van der Waals surface area contributed by atoms with Crippen LogP contribution in [0.5, 0.6) is 0 Å². The number of rotatable bonds is 6. The number of carbonyl (C=O) groups is 1. The fourth-order valence-electron chi connectivity index (χ4n) is 4.09. The summed E-state index contributed by atoms with van der Waals surface area (Å²) in [5.74, 6) is 0.434. The van der Waals surface area contributed by atoms with Gasteiger partial charge in [0.1, 0.15) is 5.82 Å². The number of aromatic nitrogens is 2. The van der Waals surface area contributed by atoms with E-state index in [1.165, 1.54) is 0 Å². The van der Waals surface area contributed by atoms with Gasteiger partial charge in [0, 0.05) is 17.1 Å². The molecule has 0 radical (unpaired) electrons. The number of benzene rings is 3. The fourth-order valence-corrected chi connectivity index (χ4v) is 4.21. The first-order valence-electron chi connectivity index (χ1n) is 11.1. The van der Waals surface area contributed by atoms with Gasteiger partial charge in [-0.1, -0.05) is 48.9 Å². The number of hydrogen-bond donors (Lipinski definition) is 0. The smallest absolute Gasteiger partial charge is 0.266 e. The maximum Gasteiger partial charge on any atom is 0.266 e. The van der Waals surface area contributed by atoms with E-state index in [9.17, 15) is 9.59 Å². The van der Waals surface area contributed by atoms with Gasteiger partial charge in [-0.25, -0.2) is 4.98 Å². The van der Waals surface area contributed by atoms with Gasteiger partial charge >= 0.3 is 0 Å². The van der Waals surface area contributed by atoms with Gasteiger partial charge in [0.05, 0.1) is 22.6 Å². The van der Waals surface area contributed by atoms with Crippen LogP contribution in [0.1, 0.15) is 48.1 Å². The third kappa shape index (κ3) is 4.41. The minimum atomic E-state index is -0.440. The Kier molecular flexibility index (Phi) is 6.61. The molecule has 0 saturated heterocycles. The Morgan fingerprint density at radius 3 is 2.39 bits per heavy atom. The lowest BCUT2D eigenvalue weighted by atomic mass is 10.1. The molecule has 0 spiro atoms. The third-order valence-corrected chi connectivity index (χ3v) is 6.08. The second-order valence-electron chi connectivity index (χ2n) is 8.09. The molecule has 3 aromatic carbocycles. The van der Waals surface area contributed by atoms with Crippen molar-refractivity contribution in [2.24, 2.45) is 0 Å². The number of carbonyl (C=O) groups excluding carboxylic acids is 1. The van der Waals surface area contributed by atoms with E-state index in [0.717, 1.165) is 12.0 Å². The summed E-state index contributed by atoms with van der Waals surface area (Å²) in [5, 5.41) is 1.10. The summed E-state index contributed by atoms with van der Waals surface area (Å²) in [6.07, 6.45) is 0.778. The minimum Gasteiger partial charge on any atom is -0.329 e. The van der Waals surface area contributed by atoms with E-state index < -0.39 is 6.04 Å². The van der Waals surface area contributed by atoms with Crippen LogP contribution in [0.25, 0.3) is 16.6 Å². The lowest BCUT2D eigenvalue weighted by molar-refractivity contribution is 0.0680. The molecule has 1 unspecified atom stereocenters. The molecule has 168 valence electrons. The van der Waals surface area contributed by atoms with Crippen molar-refractivity contribution >= 4 is 28.4 Å². The van der Waals surface area contributed by atoms with Crippen LogP contribution in [0.4, 0.5) is 0 Å². The number of halogens is 1. The summed E-state index contributed by atoms with van der Waals surface area (Å²) in [6, 6.07) is 21.5. The molecule has 5 nitrogen and oxygen atoms in total. The molecule has 1 atom stereocenters. The zero-order valence-electron chi connectivity index (χ0n) is 19.0. The zero-order chi connectivity index (χ0) is 23.5. The first kappa shape index (κ1) is 22.7. The van der Waals surface area contributed by atoms with Gasteiger partial charge in [-0.05, 0) is 68.3 Å². The Balaban J connectivity index is 1.92. The molecule has 0 aliphatic heterocycles. The number of aryl methyl sites for hydroxylation is 1. The molecule has 1 amide bonds. The minimum absolute atomic E-state index is 0.0764. The van der Waals surface area contributed by atoms with Crippen molar-refractivity contribution in [1.82, 2.24) is 14.5 Å². The van der Waals surface area contributed by atoms with Crippen molar-refractivity contribution in [3.8, 4) is 5.69 Å². The highest BCUT2D eigenvalue weighted by atomic mass is 35.5. The van der Waals surface area contributed by atoms with E-state index in [0.29, 0.717) is 39.5 Å². The molecular weight excluding hydrogens is 434 g/mol. The van der Waals surface area contributed by atoms with Crippen molar-refractivity contribution in [2.45, 2.75) is 33.2 Å². The molecule has 0 bridgehead atoms. The third-order valence-electron chi connectivity index (χ3n) is 5.83. The zero-order valence-corrected chi connectivity index (χ0v) is 19.7. The van der Waals surface area contributed by atoms with E-state index in [2.05, 4.69) is 0 Å². The average Bonchev–Trinajstić information content (AvgIpc) is 2.83. The molecule has 0 aliphatic carbocycles. The van der Waals surface area contributed by atoms with Gasteiger partial charge in [-0.15, -0.1) is 0 Å². The lowest BCUT2D eigenvalue weighted by Gasteiger charge is -2.31. The van der Waals surface area contributed by atoms with Crippen molar-refractivity contribution in [3.05, 3.63) is 105 Å². The molecule has 33 heavy (non-hydrogen) atoms. The number of fused-ring (bicyclic) bond motifs is 1. The SMILES string of the molecule is CCCN(C(=O)c1ccccc1C)C(C)c1nc2ccccc2c(=O)n1-c1ccc(Cl)cc1. The first-order valence-corrected chi connectivity index (χ1v) is 11.4. The van der Waals surface area contributed by atoms with Gasteiger partial charge in [0.25, 0.3) is 11.5 Å². The summed E-state index contributed by atoms with van der Waals surface area (Å²) in [5.41, 5.74) is 2.65. The van der Waals surface area contributed by atoms with E-state index in [4.69, 9.17) is 16.6 Å². The Hall–Kier alpha value is -3.44. The molecule has 6 heteroatoms. The summed E-state index contributed by atoms with van der Waals surface area (Å²) in [6.45, 7) is 6.43. The number of hydrogen-bond acceptors (Lipinski definition) is 3. The normalized spacial score (nSPS) is 12.0. The Morgan fingerprint density at radius 2 is 1.70 bits per heavy atom. The maximum atomic E-state index is 13.6. The lowest BCUT2D eigenvalue weighted by Crippen LogP contribution is -2.38. The van der Waals surface area contributed by atoms with Gasteiger partial charge < -0.3 is 4.90 Å². The second kappa shape index (κ2) is 9.59. The van der Waals surface area contributed by atoms with Crippen molar-refractivity contribution < 1.29 is 4.79 Å². The Bertz CT molecular complexity index is 1360. The predicted octanol–water partition coefficient (Wildman–Crippen LogP) is 5.96. The Labute approximate surface area is 198 Å². The molecule has 4 rings (SSSR count). The Morgan fingerprint density at radius 1 is 1.03 bits per heavy atom. The standard InChI is InChI=1S/C27H26ClN3O2/c1-4-17-30(26(32)22-10-6-5-9-18(22)2)19(3)25-29-24-12-8-7-11-23(24)27(33)31(25)21-15-13-20(28)14-16-21/h5-16,19H,4,17H2,1-3H3. The molecule has 0 aliphatic rings. The number of para-hydroxylation sites is 1. The highest BCUT2D eigenvalue weighted by Gasteiger charge is 2.27. The highest BCUT2D eigenvalue weighted by Crippen LogP contribution is 2.26. The van der Waals surface area contributed by atoms with E-state index in [1.54, 1.807) is 39.8 Å². The maximum absolute atomic E-state index is 13.6. The molecule has 0 fully saturated rings. The molecular formula is C27H26ClN3O2. The quantitative estimate of drug-likeness (QED) is 0.357. The van der Waals surface area contributed by atoms with Gasteiger partial charge in [-0.3, -0.25) is 14.2 Å². The molecule has 1 heterocycles. The van der Waals surface area contributed by atoms with Crippen molar-refractivity contribution in [1.29, 1.82) is 0 Å². The summed E-state index contributed by atoms with van der Waals surface area (Å²) < 4.78 is 1.59. The molecule has 4 aromatic rings. The topological polar surface area (TPSA) is 55.2 Å². The van der Waals surface area contributed by atoms with Crippen LogP contribution in [-0.2, 0) is 0 Å². The van der Waals surface area contributed by atoms with Crippen LogP contribution >= 0.6 is 11.6 Å². The molecule has 1 aromatic heterocycles. The van der Waals surface area contributed by atoms with E-state index in [1.807, 2.05) is 63.2 Å². The monoisotopic (exact) mass is 459 g/mol. The van der Waals surface area contributed by atoms with Crippen molar-refractivity contribution in [2.75, 3.05) is 6.54 Å². The summed E-state index contributed by atoms with van der Waals surface area (Å²) in [7, 11) is 0. The fraction of sp³-hybridized carbons (Fsp3) is 0.222. The summed E-state index contributed by atoms with van der Waals surface area (Å²) in [4.78, 5) is 33.9. The van der Waals surface area contributed by atoms with Crippen LogP contribution in [0.2, 0.25) is 5.02 Å².